The molecule has 0 saturated carbocycles. The van der Waals surface area contributed by atoms with Crippen molar-refractivity contribution in [2.45, 2.75) is 18.1 Å². The Hall–Kier alpha value is -1.38. The number of esters is 1. The molecule has 1 atom stereocenters. The van der Waals surface area contributed by atoms with Gasteiger partial charge in [0.05, 0.1) is 12.7 Å². The second-order valence-corrected chi connectivity index (χ2v) is 5.68. The Labute approximate surface area is 106 Å². The van der Waals surface area contributed by atoms with Crippen LogP contribution in [-0.2, 0) is 14.8 Å². The van der Waals surface area contributed by atoms with Gasteiger partial charge < -0.3 is 14.9 Å². The minimum Gasteiger partial charge on any atom is -0.465 e. The van der Waals surface area contributed by atoms with Crippen LogP contribution in [0.15, 0.2) is 21.8 Å². The predicted octanol–water partition coefficient (Wildman–Crippen LogP) is 0.0339. The first-order chi connectivity index (χ1) is 8.34. The van der Waals surface area contributed by atoms with Gasteiger partial charge in [-0.05, 0) is 6.92 Å². The monoisotopic (exact) mass is 276 g/mol. The minimum absolute atomic E-state index is 0.0462. The number of nitrogens with zero attached hydrogens (tertiary/aromatic N) is 1. The number of carbonyl (C=O) groups excluding carboxylic acids is 1. The second-order valence-electron chi connectivity index (χ2n) is 3.75. The van der Waals surface area contributed by atoms with E-state index in [1.807, 2.05) is 0 Å². The van der Waals surface area contributed by atoms with Crippen LogP contribution in [0.1, 0.15) is 17.3 Å². The van der Waals surface area contributed by atoms with Gasteiger partial charge in [-0.3, -0.25) is 0 Å². The van der Waals surface area contributed by atoms with Crippen molar-refractivity contribution in [3.8, 4) is 0 Å². The topological polar surface area (TPSA) is 103 Å². The van der Waals surface area contributed by atoms with Crippen molar-refractivity contribution in [1.29, 1.82) is 0 Å². The molecule has 0 bridgehead atoms. The zero-order valence-electron chi connectivity index (χ0n) is 10.4. The first-order valence-corrected chi connectivity index (χ1v) is 6.63. The summed E-state index contributed by atoms with van der Waals surface area (Å²) in [4.78, 5) is 11.2. The summed E-state index contributed by atoms with van der Waals surface area (Å²) in [5.74, 6) is -0.658. The summed E-state index contributed by atoms with van der Waals surface area (Å²) < 4.78 is 34.6. The van der Waals surface area contributed by atoms with Crippen molar-refractivity contribution in [3.63, 3.8) is 0 Å². The standard InChI is InChI=1S/C10H16N2O5S/c1-7(5-11)12(2)18(14,15)9-4-8(6-17-9)10(13)16-3/h4,6-7H,5,11H2,1-3H3. The molecular weight excluding hydrogens is 260 g/mol. The highest BCUT2D eigenvalue weighted by Gasteiger charge is 2.28. The molecule has 8 heteroatoms. The Morgan fingerprint density at radius 2 is 2.22 bits per heavy atom. The van der Waals surface area contributed by atoms with Crippen molar-refractivity contribution in [2.75, 3.05) is 20.7 Å². The van der Waals surface area contributed by atoms with Crippen molar-refractivity contribution < 1.29 is 22.4 Å². The maximum atomic E-state index is 12.1. The Bertz CT molecular complexity index is 522. The van der Waals surface area contributed by atoms with Crippen LogP contribution in [0.25, 0.3) is 0 Å². The summed E-state index contributed by atoms with van der Waals surface area (Å²) in [5.41, 5.74) is 5.46. The zero-order valence-corrected chi connectivity index (χ0v) is 11.2. The molecule has 102 valence electrons. The lowest BCUT2D eigenvalue weighted by Gasteiger charge is -2.21. The highest BCUT2D eigenvalue weighted by atomic mass is 32.2. The lowest BCUT2D eigenvalue weighted by Crippen LogP contribution is -2.39. The van der Waals surface area contributed by atoms with Crippen LogP contribution in [-0.4, -0.2) is 45.4 Å². The van der Waals surface area contributed by atoms with Crippen LogP contribution in [0.4, 0.5) is 0 Å². The molecule has 2 N–H and O–H groups in total. The van der Waals surface area contributed by atoms with E-state index in [-0.39, 0.29) is 23.2 Å². The van der Waals surface area contributed by atoms with E-state index < -0.39 is 16.0 Å². The van der Waals surface area contributed by atoms with Gasteiger partial charge in [0.2, 0.25) is 5.09 Å². The van der Waals surface area contributed by atoms with Crippen molar-refractivity contribution in [3.05, 3.63) is 17.9 Å². The number of furan rings is 1. The Kier molecular flexibility index (Phi) is 4.49. The first-order valence-electron chi connectivity index (χ1n) is 5.19. The van der Waals surface area contributed by atoms with Gasteiger partial charge in [0.25, 0.3) is 10.0 Å². The molecule has 0 aliphatic heterocycles. The smallest absolute Gasteiger partial charge is 0.341 e. The number of methoxy groups -OCH3 is 1. The molecule has 1 rings (SSSR count). The van der Waals surface area contributed by atoms with E-state index >= 15 is 0 Å². The lowest BCUT2D eigenvalue weighted by atomic mass is 10.3. The van der Waals surface area contributed by atoms with Crippen LogP contribution >= 0.6 is 0 Å². The van der Waals surface area contributed by atoms with E-state index in [0.717, 1.165) is 16.6 Å². The van der Waals surface area contributed by atoms with Crippen LogP contribution in [0.3, 0.4) is 0 Å². The highest BCUT2D eigenvalue weighted by molar-refractivity contribution is 7.89. The number of hydrogen-bond donors (Lipinski definition) is 1. The number of carbonyl (C=O) groups is 1. The predicted molar refractivity (Wildman–Crippen MR) is 63.5 cm³/mol. The van der Waals surface area contributed by atoms with Crippen LogP contribution < -0.4 is 5.73 Å². The Morgan fingerprint density at radius 1 is 1.61 bits per heavy atom. The summed E-state index contributed by atoms with van der Waals surface area (Å²) in [7, 11) is -1.20. The third kappa shape index (κ3) is 2.71. The molecule has 1 unspecified atom stereocenters. The average Bonchev–Trinajstić information content (AvgIpc) is 2.86. The number of sulfonamides is 1. The molecule has 0 spiro atoms. The van der Waals surface area contributed by atoms with Gasteiger partial charge in [-0.25, -0.2) is 13.2 Å². The third-order valence-corrected chi connectivity index (χ3v) is 4.43. The van der Waals surface area contributed by atoms with E-state index in [2.05, 4.69) is 4.74 Å². The van der Waals surface area contributed by atoms with E-state index in [1.54, 1.807) is 6.92 Å². The number of rotatable bonds is 5. The molecule has 0 amide bonds. The van der Waals surface area contributed by atoms with Gasteiger partial charge in [0.1, 0.15) is 6.26 Å². The number of nitrogens with two attached hydrogens (primary N) is 1. The molecule has 0 radical (unpaired) electrons. The third-order valence-electron chi connectivity index (χ3n) is 2.59. The van der Waals surface area contributed by atoms with Gasteiger partial charge in [-0.2, -0.15) is 4.31 Å². The SMILES string of the molecule is COC(=O)c1coc(S(=O)(=O)N(C)C(C)CN)c1. The molecule has 1 aromatic rings. The molecule has 18 heavy (non-hydrogen) atoms. The Balaban J connectivity index is 3.06. The molecular formula is C10H16N2O5S. The minimum atomic E-state index is -3.79. The molecule has 0 aliphatic carbocycles. The molecule has 7 nitrogen and oxygen atoms in total. The maximum Gasteiger partial charge on any atom is 0.341 e. The molecule has 0 aliphatic rings. The van der Waals surface area contributed by atoms with Crippen LogP contribution in [0.5, 0.6) is 0 Å². The normalized spacial score (nSPS) is 13.6. The highest BCUT2D eigenvalue weighted by Crippen LogP contribution is 2.19. The molecule has 1 aromatic heterocycles. The lowest BCUT2D eigenvalue weighted by molar-refractivity contribution is 0.0600. The molecule has 0 aromatic carbocycles. The number of ether oxygens (including phenoxy) is 1. The summed E-state index contributed by atoms with van der Waals surface area (Å²) >= 11 is 0. The maximum absolute atomic E-state index is 12.1. The van der Waals surface area contributed by atoms with E-state index in [1.165, 1.54) is 14.2 Å². The summed E-state index contributed by atoms with van der Waals surface area (Å²) in [6, 6.07) is 0.752. The first kappa shape index (κ1) is 14.7. The summed E-state index contributed by atoms with van der Waals surface area (Å²) in [6.45, 7) is 1.85. The second kappa shape index (κ2) is 5.51. The van der Waals surface area contributed by atoms with Gasteiger partial charge in [0, 0.05) is 25.7 Å². The Morgan fingerprint density at radius 3 is 2.72 bits per heavy atom. The van der Waals surface area contributed by atoms with Crippen LogP contribution in [0, 0.1) is 0 Å². The van der Waals surface area contributed by atoms with E-state index in [9.17, 15) is 13.2 Å². The fourth-order valence-corrected chi connectivity index (χ4v) is 2.49. The average molecular weight is 276 g/mol. The summed E-state index contributed by atoms with van der Waals surface area (Å²) in [6.07, 6.45) is 1.04. The largest absolute Gasteiger partial charge is 0.465 e. The number of likely N-dealkylation sites (N-methyl/N-ethyl adjacent to an activating group) is 1. The van der Waals surface area contributed by atoms with Gasteiger partial charge in [-0.15, -0.1) is 0 Å². The summed E-state index contributed by atoms with van der Waals surface area (Å²) in [5, 5.41) is -0.314. The quantitative estimate of drug-likeness (QED) is 0.761. The number of hydrogen-bond acceptors (Lipinski definition) is 6. The molecule has 1 heterocycles. The van der Waals surface area contributed by atoms with Gasteiger partial charge in [0.15, 0.2) is 0 Å². The van der Waals surface area contributed by atoms with Crippen molar-refractivity contribution in [1.82, 2.24) is 4.31 Å². The molecule has 0 fully saturated rings. The molecule has 0 saturated heterocycles. The fourth-order valence-electron chi connectivity index (χ4n) is 1.20. The van der Waals surface area contributed by atoms with Crippen molar-refractivity contribution in [2.24, 2.45) is 5.73 Å². The van der Waals surface area contributed by atoms with Crippen LogP contribution in [0.2, 0.25) is 0 Å². The zero-order chi connectivity index (χ0) is 13.9. The van der Waals surface area contributed by atoms with E-state index in [4.69, 9.17) is 10.2 Å². The van der Waals surface area contributed by atoms with Gasteiger partial charge in [-0.1, -0.05) is 0 Å². The van der Waals surface area contributed by atoms with Gasteiger partial charge >= 0.3 is 5.97 Å². The van der Waals surface area contributed by atoms with E-state index in [0.29, 0.717) is 0 Å². The fraction of sp³-hybridized carbons (Fsp3) is 0.500. The van der Waals surface area contributed by atoms with Crippen molar-refractivity contribution >= 4 is 16.0 Å².